The predicted molar refractivity (Wildman–Crippen MR) is 33.2 cm³/mol. The van der Waals surface area contributed by atoms with Crippen molar-refractivity contribution in [2.75, 3.05) is 5.34 Å². The van der Waals surface area contributed by atoms with E-state index < -0.39 is 12.1 Å². The van der Waals surface area contributed by atoms with Crippen LogP contribution < -0.4 is 0 Å². The van der Waals surface area contributed by atoms with Gasteiger partial charge in [-0.05, 0) is 0 Å². The highest BCUT2D eigenvalue weighted by Crippen LogP contribution is 2.34. The van der Waals surface area contributed by atoms with Gasteiger partial charge in [-0.25, -0.2) is 0 Å². The molecule has 0 fully saturated rings. The third-order valence-electron chi connectivity index (χ3n) is 0.498. The molecule has 0 saturated carbocycles. The number of halogens is 7. The summed E-state index contributed by atoms with van der Waals surface area (Å²) in [6.45, 7) is -0.188. The second-order valence-corrected chi connectivity index (χ2v) is 2.30. The molecule has 11 heavy (non-hydrogen) atoms. The van der Waals surface area contributed by atoms with Crippen molar-refractivity contribution in [1.29, 1.82) is 0 Å². The molecular weight excluding hydrogens is 214 g/mol. The fraction of sp³-hybridized carbons (Fsp3) is 1.00. The Morgan fingerprint density at radius 2 is 1.09 bits per heavy atom. The second-order valence-electron chi connectivity index (χ2n) is 1.49. The lowest BCUT2D eigenvalue weighted by molar-refractivity contribution is -0.273. The molecule has 0 aliphatic carbocycles. The smallest absolute Gasteiger partial charge is 0.197 e. The van der Waals surface area contributed by atoms with Crippen LogP contribution in [0, 0.1) is 0 Å². The van der Waals surface area contributed by atoms with Gasteiger partial charge in [0.05, 0.1) is 5.34 Å². The van der Waals surface area contributed by atoms with Gasteiger partial charge in [0.15, 0.2) is 0 Å². The number of rotatable bonds is 0. The Morgan fingerprint density at radius 1 is 1.00 bits per heavy atom. The lowest BCUT2D eigenvalue weighted by Gasteiger charge is -2.12. The summed E-state index contributed by atoms with van der Waals surface area (Å²) in [5.74, 6) is -4.56. The van der Waals surface area contributed by atoms with E-state index in [4.69, 9.17) is 23.2 Å². The van der Waals surface area contributed by atoms with Crippen LogP contribution >= 0.6 is 23.2 Å². The van der Waals surface area contributed by atoms with Crippen LogP contribution in [0.25, 0.3) is 0 Å². The summed E-state index contributed by atoms with van der Waals surface area (Å²) in [5.41, 5.74) is 0. The van der Waals surface area contributed by atoms with Crippen LogP contribution in [0.1, 0.15) is 6.92 Å². The van der Waals surface area contributed by atoms with Crippen LogP contribution in [0.3, 0.4) is 0 Å². The molecule has 0 aromatic heterocycles. The Labute approximate surface area is 70.3 Å². The fourth-order valence-corrected chi connectivity index (χ4v) is 0. The molecule has 7 heteroatoms. The topological polar surface area (TPSA) is 0 Å². The van der Waals surface area contributed by atoms with E-state index >= 15 is 0 Å². The minimum absolute atomic E-state index is 0.188. The highest BCUT2D eigenvalue weighted by Gasteiger charge is 2.52. The number of alkyl halides is 7. The van der Waals surface area contributed by atoms with E-state index in [9.17, 15) is 22.0 Å². The lowest BCUT2D eigenvalue weighted by atomic mass is 10.4. The molecule has 0 unspecified atom stereocenters. The standard InChI is InChI=1S/C3H3F5.CH2Cl2/c1-2(4,5)3(6,7)8;2-1-3/h1H3;1H2. The third-order valence-corrected chi connectivity index (χ3v) is 0.498. The molecule has 0 radical (unpaired) electrons. The van der Waals surface area contributed by atoms with E-state index in [-0.39, 0.29) is 12.3 Å². The van der Waals surface area contributed by atoms with Gasteiger partial charge >= 0.3 is 12.1 Å². The maximum atomic E-state index is 11.1. The van der Waals surface area contributed by atoms with Gasteiger partial charge in [-0.2, -0.15) is 22.0 Å². The van der Waals surface area contributed by atoms with Crippen molar-refractivity contribution in [3.63, 3.8) is 0 Å². The largest absolute Gasteiger partial charge is 0.452 e. The zero-order valence-electron chi connectivity index (χ0n) is 5.35. The second kappa shape index (κ2) is 4.98. The first-order valence-corrected chi connectivity index (χ1v) is 3.30. The Morgan fingerprint density at radius 3 is 1.09 bits per heavy atom. The normalized spacial score (nSPS) is 12.0. The van der Waals surface area contributed by atoms with Crippen molar-refractivity contribution in [3.8, 4) is 0 Å². The summed E-state index contributed by atoms with van der Waals surface area (Å²) in [6.07, 6.45) is -5.40. The van der Waals surface area contributed by atoms with Gasteiger partial charge in [-0.1, -0.05) is 0 Å². The molecule has 0 amide bonds. The van der Waals surface area contributed by atoms with Gasteiger partial charge in [-0.15, -0.1) is 23.2 Å². The summed E-state index contributed by atoms with van der Waals surface area (Å²) in [5, 5.41) is 0.194. The zero-order chi connectivity index (χ0) is 9.71. The molecule has 0 heterocycles. The Bertz CT molecular complexity index is 81.6. The molecule has 0 aliphatic heterocycles. The molecule has 0 saturated heterocycles. The van der Waals surface area contributed by atoms with E-state index in [1.165, 1.54) is 0 Å². The van der Waals surface area contributed by atoms with Crippen LogP contribution in [0.4, 0.5) is 22.0 Å². The summed E-state index contributed by atoms with van der Waals surface area (Å²) in [4.78, 5) is 0. The van der Waals surface area contributed by atoms with E-state index in [0.717, 1.165) is 0 Å². The molecule has 0 bridgehead atoms. The molecule has 0 aromatic carbocycles. The third kappa shape index (κ3) is 8.13. The number of hydrogen-bond donors (Lipinski definition) is 0. The summed E-state index contributed by atoms with van der Waals surface area (Å²) in [6, 6.07) is 0. The Balaban J connectivity index is 0. The molecule has 0 nitrogen and oxygen atoms in total. The van der Waals surface area contributed by atoms with Crippen LogP contribution in [-0.4, -0.2) is 17.4 Å². The molecule has 0 N–H and O–H groups in total. The first kappa shape index (κ1) is 13.8. The lowest BCUT2D eigenvalue weighted by Crippen LogP contribution is -2.32. The maximum absolute atomic E-state index is 11.1. The minimum atomic E-state index is -5.40. The van der Waals surface area contributed by atoms with Crippen LogP contribution in [0.2, 0.25) is 0 Å². The monoisotopic (exact) mass is 218 g/mol. The molecular formula is C4H5Cl2F5. The van der Waals surface area contributed by atoms with Gasteiger partial charge in [0, 0.05) is 6.92 Å². The fourth-order valence-electron chi connectivity index (χ4n) is 0. The van der Waals surface area contributed by atoms with Gasteiger partial charge < -0.3 is 0 Å². The van der Waals surface area contributed by atoms with Crippen molar-refractivity contribution in [2.45, 2.75) is 19.0 Å². The average Bonchev–Trinajstić information content (AvgIpc) is 1.60. The van der Waals surface area contributed by atoms with Crippen LogP contribution in [-0.2, 0) is 0 Å². The number of hydrogen-bond acceptors (Lipinski definition) is 0. The quantitative estimate of drug-likeness (QED) is 0.431. The average molecular weight is 219 g/mol. The van der Waals surface area contributed by atoms with Gasteiger partial charge in [-0.3, -0.25) is 0 Å². The van der Waals surface area contributed by atoms with Crippen molar-refractivity contribution >= 4 is 23.2 Å². The summed E-state index contributed by atoms with van der Waals surface area (Å²) >= 11 is 9.53. The van der Waals surface area contributed by atoms with Crippen LogP contribution in [0.5, 0.6) is 0 Å². The van der Waals surface area contributed by atoms with Gasteiger partial charge in [0.2, 0.25) is 0 Å². The van der Waals surface area contributed by atoms with Crippen molar-refractivity contribution in [2.24, 2.45) is 0 Å². The van der Waals surface area contributed by atoms with Gasteiger partial charge in [0.1, 0.15) is 0 Å². The first-order valence-electron chi connectivity index (χ1n) is 2.23. The van der Waals surface area contributed by atoms with E-state index in [2.05, 4.69) is 0 Å². The van der Waals surface area contributed by atoms with Crippen molar-refractivity contribution in [1.82, 2.24) is 0 Å². The van der Waals surface area contributed by atoms with E-state index in [0.29, 0.717) is 0 Å². The Kier molecular flexibility index (Phi) is 6.24. The molecule has 0 atom stereocenters. The highest BCUT2D eigenvalue weighted by atomic mass is 35.5. The highest BCUT2D eigenvalue weighted by molar-refractivity contribution is 6.40. The molecule has 0 aromatic rings. The van der Waals surface area contributed by atoms with Crippen LogP contribution in [0.15, 0.2) is 0 Å². The Hall–Kier alpha value is 0.230. The molecule has 0 spiro atoms. The summed E-state index contributed by atoms with van der Waals surface area (Å²) < 4.78 is 54.6. The molecule has 0 rings (SSSR count). The molecule has 0 aliphatic rings. The van der Waals surface area contributed by atoms with Crippen molar-refractivity contribution in [3.05, 3.63) is 0 Å². The van der Waals surface area contributed by atoms with Gasteiger partial charge in [0.25, 0.3) is 0 Å². The van der Waals surface area contributed by atoms with Crippen molar-refractivity contribution < 1.29 is 22.0 Å². The first-order chi connectivity index (χ1) is 4.66. The minimum Gasteiger partial charge on any atom is -0.197 e. The molecule has 70 valence electrons. The predicted octanol–water partition coefficient (Wildman–Crippen LogP) is 3.63. The zero-order valence-corrected chi connectivity index (χ0v) is 6.86. The van der Waals surface area contributed by atoms with E-state index in [1.807, 2.05) is 0 Å². The maximum Gasteiger partial charge on any atom is 0.452 e. The summed E-state index contributed by atoms with van der Waals surface area (Å²) in [7, 11) is 0. The van der Waals surface area contributed by atoms with E-state index in [1.54, 1.807) is 0 Å². The SMILES string of the molecule is CC(F)(F)C(F)(F)F.ClCCl.